The van der Waals surface area contributed by atoms with Gasteiger partial charge in [0.1, 0.15) is 17.7 Å². The van der Waals surface area contributed by atoms with Crippen molar-refractivity contribution >= 4 is 16.0 Å². The maximum Gasteiger partial charge on any atom is 0.240 e. The van der Waals surface area contributed by atoms with Gasteiger partial charge in [-0.3, -0.25) is 4.99 Å². The molecule has 0 aliphatic rings. The van der Waals surface area contributed by atoms with Gasteiger partial charge in [0.25, 0.3) is 0 Å². The van der Waals surface area contributed by atoms with Crippen LogP contribution in [0.15, 0.2) is 58.4 Å². The van der Waals surface area contributed by atoms with Gasteiger partial charge in [0.15, 0.2) is 5.96 Å². The molecule has 0 fully saturated rings. The quantitative estimate of drug-likeness (QED) is 0.458. The van der Waals surface area contributed by atoms with Crippen molar-refractivity contribution in [3.05, 3.63) is 59.9 Å². The summed E-state index contributed by atoms with van der Waals surface area (Å²) in [6, 6.07) is 12.6. The number of hydrogen-bond acceptors (Lipinski definition) is 4. The van der Waals surface area contributed by atoms with E-state index in [0.717, 1.165) is 5.56 Å². The lowest BCUT2D eigenvalue weighted by molar-refractivity contribution is 0.223. The molecule has 2 aromatic carbocycles. The molecular weight excluding hydrogens is 383 g/mol. The zero-order chi connectivity index (χ0) is 20.6. The van der Waals surface area contributed by atoms with Crippen LogP contribution in [0.5, 0.6) is 5.75 Å². The molecule has 0 aliphatic heterocycles. The van der Waals surface area contributed by atoms with Crippen molar-refractivity contribution in [3.8, 4) is 5.75 Å². The first-order valence-corrected chi connectivity index (χ1v) is 10.2. The number of hydrogen-bond donors (Lipinski definition) is 3. The van der Waals surface area contributed by atoms with Crippen molar-refractivity contribution < 1.29 is 17.5 Å². The minimum atomic E-state index is -3.44. The largest absolute Gasteiger partial charge is 0.489 e. The predicted molar refractivity (Wildman–Crippen MR) is 107 cm³/mol. The third kappa shape index (κ3) is 6.50. The third-order valence-electron chi connectivity index (χ3n) is 3.88. The molecule has 2 aromatic rings. The van der Waals surface area contributed by atoms with E-state index in [4.69, 9.17) is 4.74 Å². The second-order valence-electron chi connectivity index (χ2n) is 6.04. The molecule has 0 radical (unpaired) electrons. The van der Waals surface area contributed by atoms with Gasteiger partial charge in [-0.05, 0) is 43.8 Å². The maximum absolute atomic E-state index is 13.2. The Labute approximate surface area is 165 Å². The van der Waals surface area contributed by atoms with Crippen molar-refractivity contribution in [3.63, 3.8) is 0 Å². The molecule has 28 heavy (non-hydrogen) atoms. The molecule has 152 valence electrons. The zero-order valence-electron chi connectivity index (χ0n) is 16.1. The van der Waals surface area contributed by atoms with E-state index in [0.29, 0.717) is 24.8 Å². The Balaban J connectivity index is 1.82. The van der Waals surface area contributed by atoms with Crippen molar-refractivity contribution in [2.24, 2.45) is 4.99 Å². The minimum Gasteiger partial charge on any atom is -0.489 e. The van der Waals surface area contributed by atoms with Crippen LogP contribution in [0, 0.1) is 5.82 Å². The normalized spacial score (nSPS) is 13.1. The summed E-state index contributed by atoms with van der Waals surface area (Å²) in [7, 11) is -0.418. The Kier molecular flexibility index (Phi) is 7.77. The van der Waals surface area contributed by atoms with Crippen molar-refractivity contribution in [2.75, 3.05) is 20.6 Å². The molecule has 0 aromatic heterocycles. The zero-order valence-corrected chi connectivity index (χ0v) is 16.9. The van der Waals surface area contributed by atoms with Gasteiger partial charge in [0, 0.05) is 19.7 Å². The molecule has 1 unspecified atom stereocenters. The number of aliphatic imine (C=N–C) groups is 1. The average Bonchev–Trinajstić information content (AvgIpc) is 2.68. The number of benzene rings is 2. The lowest BCUT2D eigenvalue weighted by Gasteiger charge is -2.18. The van der Waals surface area contributed by atoms with Crippen molar-refractivity contribution in [1.29, 1.82) is 0 Å². The van der Waals surface area contributed by atoms with Gasteiger partial charge >= 0.3 is 0 Å². The summed E-state index contributed by atoms with van der Waals surface area (Å²) in [6.45, 7) is 2.81. The highest BCUT2D eigenvalue weighted by Gasteiger charge is 2.11. The fourth-order valence-corrected chi connectivity index (χ4v) is 3.10. The van der Waals surface area contributed by atoms with Gasteiger partial charge in [-0.25, -0.2) is 17.5 Å². The van der Waals surface area contributed by atoms with E-state index in [-0.39, 0.29) is 16.8 Å². The standard InChI is InChI=1S/C19H25FN4O3S/c1-14(27-17-6-4-5-16(20)11-17)12-23-19(21-2)24-13-15-7-9-18(10-8-15)28(25,26)22-3/h4-11,14,22H,12-13H2,1-3H3,(H2,21,23,24). The van der Waals surface area contributed by atoms with E-state index in [1.807, 2.05) is 6.92 Å². The predicted octanol–water partition coefficient (Wildman–Crippen LogP) is 1.87. The van der Waals surface area contributed by atoms with Crippen LogP contribution >= 0.6 is 0 Å². The minimum absolute atomic E-state index is 0.202. The molecule has 0 spiro atoms. The van der Waals surface area contributed by atoms with E-state index in [9.17, 15) is 12.8 Å². The van der Waals surface area contributed by atoms with Gasteiger partial charge in [-0.1, -0.05) is 18.2 Å². The summed E-state index contributed by atoms with van der Waals surface area (Å²) in [4.78, 5) is 4.35. The Bertz CT molecular complexity index is 902. The Morgan fingerprint density at radius 3 is 2.50 bits per heavy atom. The third-order valence-corrected chi connectivity index (χ3v) is 5.31. The molecule has 0 saturated carbocycles. The summed E-state index contributed by atoms with van der Waals surface area (Å²) in [6.07, 6.45) is -0.202. The molecule has 2 rings (SSSR count). The highest BCUT2D eigenvalue weighted by molar-refractivity contribution is 7.89. The number of rotatable bonds is 8. The van der Waals surface area contributed by atoms with E-state index < -0.39 is 10.0 Å². The second-order valence-corrected chi connectivity index (χ2v) is 7.93. The van der Waals surface area contributed by atoms with Crippen LogP contribution in [0.4, 0.5) is 4.39 Å². The van der Waals surface area contributed by atoms with Crippen LogP contribution in [-0.2, 0) is 16.6 Å². The van der Waals surface area contributed by atoms with Crippen molar-refractivity contribution in [1.82, 2.24) is 15.4 Å². The molecule has 0 aliphatic carbocycles. The number of guanidine groups is 1. The first-order chi connectivity index (χ1) is 13.3. The van der Waals surface area contributed by atoms with E-state index >= 15 is 0 Å². The number of nitrogens with zero attached hydrogens (tertiary/aromatic N) is 1. The Morgan fingerprint density at radius 2 is 1.89 bits per heavy atom. The number of nitrogens with one attached hydrogen (secondary N) is 3. The number of sulfonamides is 1. The maximum atomic E-state index is 13.2. The highest BCUT2D eigenvalue weighted by atomic mass is 32.2. The molecule has 0 saturated heterocycles. The van der Waals surface area contributed by atoms with Crippen LogP contribution in [0.2, 0.25) is 0 Å². The number of halogens is 1. The van der Waals surface area contributed by atoms with Crippen LogP contribution in [-0.4, -0.2) is 41.1 Å². The molecule has 7 nitrogen and oxygen atoms in total. The van der Waals surface area contributed by atoms with Gasteiger partial charge in [0.05, 0.1) is 11.4 Å². The Morgan fingerprint density at radius 1 is 1.18 bits per heavy atom. The summed E-state index contributed by atoms with van der Waals surface area (Å²) in [5.74, 6) is 0.694. The molecule has 9 heteroatoms. The Hall–Kier alpha value is -2.65. The van der Waals surface area contributed by atoms with Gasteiger partial charge in [-0.2, -0.15) is 0 Å². The molecule has 3 N–H and O–H groups in total. The fourth-order valence-electron chi connectivity index (χ4n) is 2.37. The van der Waals surface area contributed by atoms with Gasteiger partial charge < -0.3 is 15.4 Å². The van der Waals surface area contributed by atoms with Gasteiger partial charge in [-0.15, -0.1) is 0 Å². The summed E-state index contributed by atoms with van der Waals surface area (Å²) < 4.78 is 44.6. The van der Waals surface area contributed by atoms with E-state index in [2.05, 4.69) is 20.3 Å². The van der Waals surface area contributed by atoms with Gasteiger partial charge in [0.2, 0.25) is 10.0 Å². The molecule has 0 heterocycles. The summed E-state index contributed by atoms with van der Waals surface area (Å²) in [5.41, 5.74) is 0.905. The lowest BCUT2D eigenvalue weighted by Crippen LogP contribution is -2.41. The molecule has 0 bridgehead atoms. The van der Waals surface area contributed by atoms with Crippen LogP contribution in [0.3, 0.4) is 0 Å². The molecular formula is C19H25FN4O3S. The average molecular weight is 408 g/mol. The monoisotopic (exact) mass is 408 g/mol. The van der Waals surface area contributed by atoms with Crippen LogP contribution < -0.4 is 20.1 Å². The second kappa shape index (κ2) is 10.0. The number of ether oxygens (including phenoxy) is 1. The molecule has 1 atom stereocenters. The smallest absolute Gasteiger partial charge is 0.240 e. The highest BCUT2D eigenvalue weighted by Crippen LogP contribution is 2.13. The first kappa shape index (κ1) is 21.6. The van der Waals surface area contributed by atoms with E-state index in [1.165, 1.54) is 19.2 Å². The SMILES string of the molecule is CN=C(NCc1ccc(S(=O)(=O)NC)cc1)NCC(C)Oc1cccc(F)c1. The topological polar surface area (TPSA) is 91.8 Å². The van der Waals surface area contributed by atoms with E-state index in [1.54, 1.807) is 43.4 Å². The fraction of sp³-hybridized carbons (Fsp3) is 0.316. The molecule has 0 amide bonds. The van der Waals surface area contributed by atoms with Crippen LogP contribution in [0.25, 0.3) is 0 Å². The first-order valence-electron chi connectivity index (χ1n) is 8.73. The van der Waals surface area contributed by atoms with Crippen LogP contribution in [0.1, 0.15) is 12.5 Å². The summed E-state index contributed by atoms with van der Waals surface area (Å²) >= 11 is 0. The van der Waals surface area contributed by atoms with Crippen molar-refractivity contribution in [2.45, 2.75) is 24.5 Å². The summed E-state index contributed by atoms with van der Waals surface area (Å²) in [5, 5.41) is 6.28. The lowest BCUT2D eigenvalue weighted by atomic mass is 10.2.